The van der Waals surface area contributed by atoms with Gasteiger partial charge in [0.15, 0.2) is 5.82 Å². The van der Waals surface area contributed by atoms with Gasteiger partial charge in [0, 0.05) is 31.6 Å². The third-order valence-electron chi connectivity index (χ3n) is 6.85. The van der Waals surface area contributed by atoms with Crippen LogP contribution in [0.3, 0.4) is 0 Å². The van der Waals surface area contributed by atoms with Crippen molar-refractivity contribution in [3.8, 4) is 5.88 Å². The number of anilines is 3. The fourth-order valence-electron chi connectivity index (χ4n) is 4.98. The minimum absolute atomic E-state index is 0.162. The van der Waals surface area contributed by atoms with Crippen LogP contribution in [0.2, 0.25) is 5.02 Å². The molecule has 32 heavy (non-hydrogen) atoms. The number of hydrogen-bond acceptors (Lipinski definition) is 8. The Bertz CT molecular complexity index is 939. The van der Waals surface area contributed by atoms with Crippen LogP contribution in [-0.2, 0) is 4.74 Å². The lowest BCUT2D eigenvalue weighted by molar-refractivity contribution is 0.00496. The number of halogens is 1. The maximum atomic E-state index is 6.29. The lowest BCUT2D eigenvalue weighted by Crippen LogP contribution is -2.45. The van der Waals surface area contributed by atoms with Gasteiger partial charge in [0.2, 0.25) is 5.95 Å². The van der Waals surface area contributed by atoms with Gasteiger partial charge in [0.1, 0.15) is 10.7 Å². The number of nitrogens with zero attached hydrogens (tertiary/aromatic N) is 5. The topological polar surface area (TPSA) is 89.4 Å². The summed E-state index contributed by atoms with van der Waals surface area (Å²) in [5.74, 6) is 1.73. The molecule has 4 heterocycles. The Labute approximate surface area is 193 Å². The van der Waals surface area contributed by atoms with E-state index in [1.165, 1.54) is 12.8 Å². The lowest BCUT2D eigenvalue weighted by atomic mass is 9.90. The molecule has 5 rings (SSSR count). The molecule has 2 N–H and O–H groups in total. The molecule has 2 fully saturated rings. The van der Waals surface area contributed by atoms with Crippen molar-refractivity contribution in [2.24, 2.45) is 0 Å². The van der Waals surface area contributed by atoms with Crippen molar-refractivity contribution < 1.29 is 9.47 Å². The summed E-state index contributed by atoms with van der Waals surface area (Å²) in [5.41, 5.74) is 1.89. The maximum Gasteiger partial charge on any atom is 0.257 e. The molecule has 0 amide bonds. The van der Waals surface area contributed by atoms with E-state index in [9.17, 15) is 0 Å². The second kappa shape index (κ2) is 9.41. The molecule has 0 aromatic carbocycles. The van der Waals surface area contributed by atoms with Gasteiger partial charge in [-0.1, -0.05) is 11.6 Å². The molecule has 10 heteroatoms. The molecule has 3 aliphatic rings. The van der Waals surface area contributed by atoms with Gasteiger partial charge in [-0.2, -0.15) is 4.98 Å². The molecular weight excluding hydrogens is 430 g/mol. The van der Waals surface area contributed by atoms with Crippen molar-refractivity contribution in [3.63, 3.8) is 0 Å². The maximum absolute atomic E-state index is 6.29. The standard InChI is InChI=1S/C22H32ClN7O2/c1-14-7-10-32-21-19(26-22-24-13-18(23)20(25-14)27-22)15(2)30(28-21)17-5-3-16(4-6-17)29-8-11-31-12-9-29/h13-14,16-17H,3-12H2,1-2H3,(H2,24,25,26,27). The van der Waals surface area contributed by atoms with Crippen LogP contribution in [0, 0.1) is 6.92 Å². The summed E-state index contributed by atoms with van der Waals surface area (Å²) in [4.78, 5) is 11.5. The molecule has 0 spiro atoms. The largest absolute Gasteiger partial charge is 0.475 e. The van der Waals surface area contributed by atoms with E-state index in [1.807, 2.05) is 0 Å². The van der Waals surface area contributed by atoms with Crippen molar-refractivity contribution in [2.45, 2.75) is 64.1 Å². The van der Waals surface area contributed by atoms with E-state index >= 15 is 0 Å². The molecule has 2 aliphatic heterocycles. The van der Waals surface area contributed by atoms with Crippen LogP contribution in [0.1, 0.15) is 50.8 Å². The smallest absolute Gasteiger partial charge is 0.257 e. The molecule has 174 valence electrons. The van der Waals surface area contributed by atoms with Crippen LogP contribution in [0.15, 0.2) is 6.20 Å². The Morgan fingerprint density at radius 2 is 1.81 bits per heavy atom. The SMILES string of the molecule is Cc1c2c(nn1C1CCC(N3CCOCC3)CC1)OCCC(C)Nc1nc(ncc1Cl)N2. The average molecular weight is 462 g/mol. The van der Waals surface area contributed by atoms with Crippen molar-refractivity contribution >= 4 is 29.1 Å². The van der Waals surface area contributed by atoms with E-state index in [2.05, 4.69) is 44.0 Å². The number of ether oxygens (including phenoxy) is 2. The molecule has 1 saturated carbocycles. The second-order valence-electron chi connectivity index (χ2n) is 9.02. The summed E-state index contributed by atoms with van der Waals surface area (Å²) in [6.45, 7) is 8.56. The number of rotatable bonds is 2. The Morgan fingerprint density at radius 3 is 2.59 bits per heavy atom. The predicted octanol–water partition coefficient (Wildman–Crippen LogP) is 3.78. The van der Waals surface area contributed by atoms with Crippen LogP contribution in [0.4, 0.5) is 17.5 Å². The summed E-state index contributed by atoms with van der Waals surface area (Å²) in [6.07, 6.45) is 7.05. The Hall–Kier alpha value is -2.10. The monoisotopic (exact) mass is 461 g/mol. The van der Waals surface area contributed by atoms with E-state index in [1.54, 1.807) is 6.20 Å². The predicted molar refractivity (Wildman–Crippen MR) is 124 cm³/mol. The molecular formula is C22H32ClN7O2. The van der Waals surface area contributed by atoms with Crippen molar-refractivity contribution in [2.75, 3.05) is 43.5 Å². The first-order chi connectivity index (χ1) is 15.6. The highest BCUT2D eigenvalue weighted by Crippen LogP contribution is 2.38. The minimum atomic E-state index is 0.162. The fraction of sp³-hybridized carbons (Fsp3) is 0.682. The third-order valence-corrected chi connectivity index (χ3v) is 7.12. The summed E-state index contributed by atoms with van der Waals surface area (Å²) >= 11 is 6.29. The normalized spacial score (nSPS) is 26.8. The molecule has 1 unspecified atom stereocenters. The van der Waals surface area contributed by atoms with Crippen molar-refractivity contribution in [1.29, 1.82) is 0 Å². The summed E-state index contributed by atoms with van der Waals surface area (Å²) < 4.78 is 13.8. The van der Waals surface area contributed by atoms with Gasteiger partial charge in [-0.15, -0.1) is 5.10 Å². The van der Waals surface area contributed by atoms with Gasteiger partial charge in [0.25, 0.3) is 5.88 Å². The second-order valence-corrected chi connectivity index (χ2v) is 9.43. The zero-order valence-electron chi connectivity index (χ0n) is 18.8. The number of morpholine rings is 1. The van der Waals surface area contributed by atoms with E-state index in [0.717, 1.165) is 56.9 Å². The molecule has 1 aliphatic carbocycles. The lowest BCUT2D eigenvalue weighted by Gasteiger charge is -2.38. The van der Waals surface area contributed by atoms with E-state index in [-0.39, 0.29) is 6.04 Å². The molecule has 2 bridgehead atoms. The number of hydrogen-bond donors (Lipinski definition) is 2. The number of nitrogens with one attached hydrogen (secondary N) is 2. The minimum Gasteiger partial charge on any atom is -0.475 e. The zero-order chi connectivity index (χ0) is 22.1. The highest BCUT2D eigenvalue weighted by atomic mass is 35.5. The van der Waals surface area contributed by atoms with Crippen molar-refractivity contribution in [3.05, 3.63) is 16.9 Å². The highest BCUT2D eigenvalue weighted by Gasteiger charge is 2.30. The van der Waals surface area contributed by atoms with Crippen LogP contribution < -0.4 is 15.4 Å². The Morgan fingerprint density at radius 1 is 1.06 bits per heavy atom. The highest BCUT2D eigenvalue weighted by molar-refractivity contribution is 6.32. The first-order valence-corrected chi connectivity index (χ1v) is 12.1. The molecule has 1 atom stereocenters. The quantitative estimate of drug-likeness (QED) is 0.698. The van der Waals surface area contributed by atoms with Crippen LogP contribution >= 0.6 is 11.6 Å². The van der Waals surface area contributed by atoms with Crippen molar-refractivity contribution in [1.82, 2.24) is 24.6 Å². The molecule has 0 radical (unpaired) electrons. The first kappa shape index (κ1) is 21.7. The van der Waals surface area contributed by atoms with E-state index in [0.29, 0.717) is 41.4 Å². The molecule has 2 aromatic rings. The van der Waals surface area contributed by atoms with Gasteiger partial charge in [-0.25, -0.2) is 4.98 Å². The number of fused-ring (bicyclic) bond motifs is 3. The van der Waals surface area contributed by atoms with Gasteiger partial charge in [-0.3, -0.25) is 9.58 Å². The Balaban J connectivity index is 1.36. The van der Waals surface area contributed by atoms with Gasteiger partial charge in [0.05, 0.1) is 37.8 Å². The van der Waals surface area contributed by atoms with Gasteiger partial charge in [-0.05, 0) is 39.5 Å². The number of aromatic nitrogens is 4. The van der Waals surface area contributed by atoms with E-state index < -0.39 is 0 Å². The molecule has 2 aromatic heterocycles. The molecule has 1 saturated heterocycles. The average Bonchev–Trinajstić information content (AvgIpc) is 3.10. The van der Waals surface area contributed by atoms with Gasteiger partial charge >= 0.3 is 0 Å². The Kier molecular flexibility index (Phi) is 6.39. The van der Waals surface area contributed by atoms with E-state index in [4.69, 9.17) is 26.2 Å². The van der Waals surface area contributed by atoms with Gasteiger partial charge < -0.3 is 20.1 Å². The van der Waals surface area contributed by atoms with Crippen LogP contribution in [0.25, 0.3) is 0 Å². The first-order valence-electron chi connectivity index (χ1n) is 11.7. The third kappa shape index (κ3) is 4.51. The summed E-state index contributed by atoms with van der Waals surface area (Å²) in [7, 11) is 0. The summed E-state index contributed by atoms with van der Waals surface area (Å²) in [6, 6.07) is 1.20. The zero-order valence-corrected chi connectivity index (χ0v) is 19.6. The van der Waals surface area contributed by atoms with Crippen LogP contribution in [0.5, 0.6) is 5.88 Å². The van der Waals surface area contributed by atoms with Crippen LogP contribution in [-0.4, -0.2) is 69.6 Å². The fourth-order valence-corrected chi connectivity index (χ4v) is 5.13. The summed E-state index contributed by atoms with van der Waals surface area (Å²) in [5, 5.41) is 12.1. The molecule has 9 nitrogen and oxygen atoms in total.